The van der Waals surface area contributed by atoms with Gasteiger partial charge in [0.2, 0.25) is 5.56 Å². The third kappa shape index (κ3) is 3.40. The van der Waals surface area contributed by atoms with Gasteiger partial charge in [-0.25, -0.2) is 4.98 Å². The summed E-state index contributed by atoms with van der Waals surface area (Å²) in [6.45, 7) is 3.90. The second-order valence-corrected chi connectivity index (χ2v) is 5.71. The van der Waals surface area contributed by atoms with E-state index in [1.807, 2.05) is 26.0 Å². The molecule has 0 saturated heterocycles. The smallest absolute Gasteiger partial charge is 0.255 e. The molecule has 0 aliphatic carbocycles. The largest absolute Gasteiger partial charge is 0.326 e. The molecule has 1 aromatic carbocycles. The molecule has 0 spiro atoms. The minimum absolute atomic E-state index is 0.125. The molecule has 7 nitrogen and oxygen atoms in total. The van der Waals surface area contributed by atoms with Crippen molar-refractivity contribution in [2.75, 3.05) is 5.32 Å². The van der Waals surface area contributed by atoms with Gasteiger partial charge < -0.3 is 10.3 Å². The highest BCUT2D eigenvalue weighted by Crippen LogP contribution is 2.19. The van der Waals surface area contributed by atoms with Crippen LogP contribution in [0.1, 0.15) is 35.8 Å². The number of H-pyrrole nitrogens is 2. The second-order valence-electron chi connectivity index (χ2n) is 5.71. The monoisotopic (exact) mass is 323 g/mol. The molecule has 0 fully saturated rings. The second kappa shape index (κ2) is 6.49. The Labute approximate surface area is 138 Å². The Kier molecular flexibility index (Phi) is 4.24. The van der Waals surface area contributed by atoms with Crippen LogP contribution >= 0.6 is 0 Å². The van der Waals surface area contributed by atoms with Crippen molar-refractivity contribution < 1.29 is 4.79 Å². The van der Waals surface area contributed by atoms with Crippen molar-refractivity contribution in [1.29, 1.82) is 0 Å². The average Bonchev–Trinajstić information content (AvgIpc) is 3.09. The standard InChI is InChI=1S/C17H17N5O2/c1-10(2)14-7-12(8-15(23)21-14)17(24)20-13-5-3-4-11(6-13)16-18-9-19-22-16/h3-10H,1-2H3,(H,20,24)(H,21,23)(H,18,19,22). The average molecular weight is 323 g/mol. The number of nitrogens with one attached hydrogen (secondary N) is 3. The SMILES string of the molecule is CC(C)c1cc(C(=O)Nc2cccc(-c3ncn[nH]3)c2)cc(=O)[nH]1. The first-order chi connectivity index (χ1) is 11.5. The van der Waals surface area contributed by atoms with Gasteiger partial charge >= 0.3 is 0 Å². The quantitative estimate of drug-likeness (QED) is 0.686. The summed E-state index contributed by atoms with van der Waals surface area (Å²) >= 11 is 0. The number of anilines is 1. The summed E-state index contributed by atoms with van der Waals surface area (Å²) in [5.74, 6) is 0.405. The molecule has 122 valence electrons. The number of benzene rings is 1. The van der Waals surface area contributed by atoms with Gasteiger partial charge in [0.25, 0.3) is 5.91 Å². The van der Waals surface area contributed by atoms with E-state index in [2.05, 4.69) is 25.5 Å². The Balaban J connectivity index is 1.85. The molecule has 0 unspecified atom stereocenters. The van der Waals surface area contributed by atoms with Crippen LogP contribution in [0.2, 0.25) is 0 Å². The Morgan fingerprint density at radius 2 is 2.04 bits per heavy atom. The van der Waals surface area contributed by atoms with Crippen molar-refractivity contribution >= 4 is 11.6 Å². The van der Waals surface area contributed by atoms with Gasteiger partial charge in [-0.05, 0) is 24.1 Å². The number of carbonyl (C=O) groups is 1. The zero-order chi connectivity index (χ0) is 17.1. The number of carbonyl (C=O) groups excluding carboxylic acids is 1. The van der Waals surface area contributed by atoms with Crippen LogP contribution in [0.25, 0.3) is 11.4 Å². The van der Waals surface area contributed by atoms with Crippen molar-refractivity contribution in [3.63, 3.8) is 0 Å². The zero-order valence-corrected chi connectivity index (χ0v) is 13.3. The lowest BCUT2D eigenvalue weighted by Crippen LogP contribution is -2.18. The summed E-state index contributed by atoms with van der Waals surface area (Å²) in [6.07, 6.45) is 1.42. The summed E-state index contributed by atoms with van der Waals surface area (Å²) in [4.78, 5) is 31.0. The van der Waals surface area contributed by atoms with Crippen LogP contribution in [0, 0.1) is 0 Å². The topological polar surface area (TPSA) is 104 Å². The predicted octanol–water partition coefficient (Wildman–Crippen LogP) is 2.54. The van der Waals surface area contributed by atoms with E-state index in [0.717, 1.165) is 11.3 Å². The van der Waals surface area contributed by atoms with Gasteiger partial charge in [-0.1, -0.05) is 26.0 Å². The highest BCUT2D eigenvalue weighted by molar-refractivity contribution is 6.04. The maximum absolute atomic E-state index is 12.4. The minimum atomic E-state index is -0.335. The Bertz CT molecular complexity index is 913. The molecule has 3 N–H and O–H groups in total. The van der Waals surface area contributed by atoms with E-state index in [1.54, 1.807) is 18.2 Å². The summed E-state index contributed by atoms with van der Waals surface area (Å²) < 4.78 is 0. The number of aromatic amines is 2. The summed E-state index contributed by atoms with van der Waals surface area (Å²) in [5.41, 5.74) is 2.18. The van der Waals surface area contributed by atoms with Crippen LogP contribution < -0.4 is 10.9 Å². The van der Waals surface area contributed by atoms with Crippen LogP contribution in [-0.2, 0) is 0 Å². The van der Waals surface area contributed by atoms with E-state index in [9.17, 15) is 9.59 Å². The molecule has 0 aliphatic heterocycles. The third-order valence-electron chi connectivity index (χ3n) is 3.56. The molecular formula is C17H17N5O2. The molecule has 7 heteroatoms. The lowest BCUT2D eigenvalue weighted by atomic mass is 10.1. The van der Waals surface area contributed by atoms with Gasteiger partial charge in [-0.2, -0.15) is 5.10 Å². The Morgan fingerprint density at radius 1 is 1.21 bits per heavy atom. The van der Waals surface area contributed by atoms with Gasteiger partial charge in [-0.3, -0.25) is 14.7 Å². The summed E-state index contributed by atoms with van der Waals surface area (Å²) in [6, 6.07) is 10.2. The van der Waals surface area contributed by atoms with Crippen molar-refractivity contribution in [2.45, 2.75) is 19.8 Å². The first-order valence-corrected chi connectivity index (χ1v) is 7.54. The highest BCUT2D eigenvalue weighted by Gasteiger charge is 2.11. The Hall–Kier alpha value is -3.22. The fraction of sp³-hybridized carbons (Fsp3) is 0.176. The van der Waals surface area contributed by atoms with Gasteiger partial charge in [0.1, 0.15) is 6.33 Å². The molecule has 24 heavy (non-hydrogen) atoms. The maximum atomic E-state index is 12.4. The molecule has 0 atom stereocenters. The van der Waals surface area contributed by atoms with Crippen LogP contribution in [0.3, 0.4) is 0 Å². The van der Waals surface area contributed by atoms with Gasteiger partial charge in [0.05, 0.1) is 0 Å². The number of amides is 1. The maximum Gasteiger partial charge on any atom is 0.255 e. The number of aromatic nitrogens is 4. The van der Waals surface area contributed by atoms with Gasteiger partial charge in [0, 0.05) is 28.6 Å². The third-order valence-corrected chi connectivity index (χ3v) is 3.56. The van der Waals surface area contributed by atoms with Crippen molar-refractivity contribution in [2.24, 2.45) is 0 Å². The highest BCUT2D eigenvalue weighted by atomic mass is 16.2. The molecule has 0 bridgehead atoms. The molecule has 0 saturated carbocycles. The minimum Gasteiger partial charge on any atom is -0.326 e. The molecule has 3 aromatic rings. The Morgan fingerprint density at radius 3 is 2.75 bits per heavy atom. The van der Waals surface area contributed by atoms with Crippen molar-refractivity contribution in [3.8, 4) is 11.4 Å². The first kappa shape index (κ1) is 15.7. The number of nitrogens with zero attached hydrogens (tertiary/aromatic N) is 2. The van der Waals surface area contributed by atoms with E-state index in [0.29, 0.717) is 17.1 Å². The van der Waals surface area contributed by atoms with Gasteiger partial charge in [-0.15, -0.1) is 0 Å². The predicted molar refractivity (Wildman–Crippen MR) is 90.9 cm³/mol. The normalized spacial score (nSPS) is 10.8. The molecule has 0 aliphatic rings. The molecule has 1 amide bonds. The zero-order valence-electron chi connectivity index (χ0n) is 13.3. The molecule has 2 aromatic heterocycles. The number of pyridine rings is 1. The first-order valence-electron chi connectivity index (χ1n) is 7.54. The van der Waals surface area contributed by atoms with E-state index in [-0.39, 0.29) is 17.4 Å². The van der Waals surface area contributed by atoms with Crippen LogP contribution in [0.15, 0.2) is 47.5 Å². The van der Waals surface area contributed by atoms with E-state index >= 15 is 0 Å². The fourth-order valence-corrected chi connectivity index (χ4v) is 2.30. The molecular weight excluding hydrogens is 306 g/mol. The molecule has 0 radical (unpaired) electrons. The number of rotatable bonds is 4. The van der Waals surface area contributed by atoms with E-state index in [4.69, 9.17) is 0 Å². The number of hydrogen-bond donors (Lipinski definition) is 3. The number of hydrogen-bond acceptors (Lipinski definition) is 4. The summed E-state index contributed by atoms with van der Waals surface area (Å²) in [5, 5.41) is 9.38. The molecule has 2 heterocycles. The van der Waals surface area contributed by atoms with Crippen molar-refractivity contribution in [3.05, 3.63) is 64.3 Å². The van der Waals surface area contributed by atoms with Crippen LogP contribution in [0.4, 0.5) is 5.69 Å². The van der Waals surface area contributed by atoms with Crippen molar-refractivity contribution in [1.82, 2.24) is 20.2 Å². The van der Waals surface area contributed by atoms with Gasteiger partial charge in [0.15, 0.2) is 5.82 Å². The lowest BCUT2D eigenvalue weighted by molar-refractivity contribution is 0.102. The van der Waals surface area contributed by atoms with Crippen LogP contribution in [0.5, 0.6) is 0 Å². The lowest BCUT2D eigenvalue weighted by Gasteiger charge is -2.09. The van der Waals surface area contributed by atoms with Crippen LogP contribution in [-0.4, -0.2) is 26.1 Å². The fourth-order valence-electron chi connectivity index (χ4n) is 2.30. The van der Waals surface area contributed by atoms with E-state index < -0.39 is 0 Å². The molecule has 3 rings (SSSR count). The summed E-state index contributed by atoms with van der Waals surface area (Å²) in [7, 11) is 0. The van der Waals surface area contributed by atoms with E-state index in [1.165, 1.54) is 12.4 Å².